The lowest BCUT2D eigenvalue weighted by Crippen LogP contribution is -2.57. The van der Waals surface area contributed by atoms with E-state index in [4.69, 9.17) is 4.74 Å². The fourth-order valence-electron chi connectivity index (χ4n) is 5.88. The van der Waals surface area contributed by atoms with Crippen molar-refractivity contribution in [1.29, 1.82) is 0 Å². The number of aliphatic hydroxyl groups excluding tert-OH is 1. The van der Waals surface area contributed by atoms with E-state index in [1.165, 1.54) is 46.7 Å². The van der Waals surface area contributed by atoms with Crippen LogP contribution in [0.5, 0.6) is 5.75 Å². The summed E-state index contributed by atoms with van der Waals surface area (Å²) < 4.78 is 34.1. The molecule has 1 aromatic heterocycles. The highest BCUT2D eigenvalue weighted by Gasteiger charge is 2.40. The van der Waals surface area contributed by atoms with Crippen molar-refractivity contribution in [2.45, 2.75) is 70.7 Å². The first-order valence-corrected chi connectivity index (χ1v) is 18.7. The predicted octanol–water partition coefficient (Wildman–Crippen LogP) is 4.05. The third-order valence-electron chi connectivity index (χ3n) is 8.32. The molecule has 0 saturated carbocycles. The summed E-state index contributed by atoms with van der Waals surface area (Å²) in [6.07, 6.45) is -1.05. The van der Waals surface area contributed by atoms with Crippen molar-refractivity contribution < 1.29 is 32.6 Å². The van der Waals surface area contributed by atoms with Crippen molar-refractivity contribution in [2.24, 2.45) is 11.8 Å². The number of aliphatic hydroxyl groups is 1. The normalized spacial score (nSPS) is 15.6. The van der Waals surface area contributed by atoms with Crippen LogP contribution in [0.1, 0.15) is 55.7 Å². The molecule has 1 saturated heterocycles. The van der Waals surface area contributed by atoms with Gasteiger partial charge in [0.25, 0.3) is 0 Å². The van der Waals surface area contributed by atoms with Crippen LogP contribution in [0.15, 0.2) is 64.9 Å². The van der Waals surface area contributed by atoms with Gasteiger partial charge in [0.2, 0.25) is 15.9 Å². The molecule has 2 N–H and O–H groups in total. The summed E-state index contributed by atoms with van der Waals surface area (Å²) in [4.78, 5) is 46.9. The van der Waals surface area contributed by atoms with E-state index in [0.717, 1.165) is 5.56 Å². The average Bonchev–Trinajstić information content (AvgIpc) is 3.67. The Labute approximate surface area is 293 Å². The van der Waals surface area contributed by atoms with Gasteiger partial charge in [-0.05, 0) is 48.1 Å². The minimum absolute atomic E-state index is 0.0461. The Balaban J connectivity index is 1.56. The largest absolute Gasteiger partial charge is 0.497 e. The molecular formula is C35H47N5O7S2. The van der Waals surface area contributed by atoms with E-state index in [0.29, 0.717) is 29.5 Å². The van der Waals surface area contributed by atoms with Crippen molar-refractivity contribution in [1.82, 2.24) is 24.4 Å². The zero-order chi connectivity index (χ0) is 35.9. The van der Waals surface area contributed by atoms with Gasteiger partial charge in [-0.15, -0.1) is 11.3 Å². The highest BCUT2D eigenvalue weighted by molar-refractivity contribution is 7.89. The first-order chi connectivity index (χ1) is 23.2. The number of carbonyl (C=O) groups excluding carboxylic acids is 3. The molecule has 1 aliphatic rings. The van der Waals surface area contributed by atoms with E-state index in [2.05, 4.69) is 10.3 Å². The lowest BCUT2D eigenvalue weighted by atomic mass is 9.97. The Morgan fingerprint density at radius 3 is 2.29 bits per heavy atom. The summed E-state index contributed by atoms with van der Waals surface area (Å²) in [6.45, 7) is 9.75. The molecule has 0 radical (unpaired) electrons. The second-order valence-corrected chi connectivity index (χ2v) is 15.8. The van der Waals surface area contributed by atoms with E-state index in [-0.39, 0.29) is 54.6 Å². The third-order valence-corrected chi connectivity index (χ3v) is 11.2. The number of ether oxygens (including phenoxy) is 1. The average molecular weight is 714 g/mol. The molecule has 0 aliphatic carbocycles. The highest BCUT2D eigenvalue weighted by Crippen LogP contribution is 2.24. The van der Waals surface area contributed by atoms with Crippen LogP contribution in [0.25, 0.3) is 0 Å². The van der Waals surface area contributed by atoms with Crippen molar-refractivity contribution >= 4 is 39.1 Å². The maximum absolute atomic E-state index is 14.1. The second-order valence-electron chi connectivity index (χ2n) is 13.1. The molecule has 0 unspecified atom stereocenters. The van der Waals surface area contributed by atoms with Gasteiger partial charge in [0.1, 0.15) is 11.8 Å². The number of hydrogen-bond donors (Lipinski definition) is 2. The van der Waals surface area contributed by atoms with Crippen LogP contribution in [0, 0.1) is 11.8 Å². The SMILES string of the molecule is COc1ccc(S(=O)(=O)N(CC(C)C)C[C@@H](O)[C@H](Cc2ccccc2)NC(=O)[C@H](C(C)C)N2CCN(Cc3csc(C(C)=O)n3)C2=O)cc1. The molecule has 14 heteroatoms. The smallest absolute Gasteiger partial charge is 0.321 e. The maximum atomic E-state index is 14.1. The molecule has 3 amide bonds. The molecule has 49 heavy (non-hydrogen) atoms. The van der Waals surface area contributed by atoms with Crippen molar-refractivity contribution in [2.75, 3.05) is 33.3 Å². The minimum atomic E-state index is -4.01. The molecule has 4 rings (SSSR count). The standard InChI is InChI=1S/C35H47N5O7S2/c1-23(2)19-39(49(45,46)29-14-12-28(47-6)13-15-29)21-31(42)30(18-26-10-8-7-9-11-26)37-33(43)32(24(3)4)40-17-16-38(35(40)44)20-27-22-48-34(36-27)25(5)41/h7-15,22-24,30-32,42H,16-21H2,1-6H3,(H,37,43)/t30-,31+,32-/m0/s1. The van der Waals surface area contributed by atoms with E-state index in [1.54, 1.807) is 22.4 Å². The summed E-state index contributed by atoms with van der Waals surface area (Å²) in [5.41, 5.74) is 1.45. The predicted molar refractivity (Wildman–Crippen MR) is 188 cm³/mol. The number of sulfonamides is 1. The Hall–Kier alpha value is -3.85. The lowest BCUT2D eigenvalue weighted by molar-refractivity contribution is -0.128. The van der Waals surface area contributed by atoms with Crippen molar-refractivity contribution in [3.63, 3.8) is 0 Å². The summed E-state index contributed by atoms with van der Waals surface area (Å²) in [5.74, 6) is -0.374. The number of urea groups is 1. The molecule has 1 fully saturated rings. The summed E-state index contributed by atoms with van der Waals surface area (Å²) >= 11 is 1.23. The monoisotopic (exact) mass is 713 g/mol. The first kappa shape index (κ1) is 38.0. The summed E-state index contributed by atoms with van der Waals surface area (Å²) in [7, 11) is -2.51. The van der Waals surface area contributed by atoms with Gasteiger partial charge < -0.3 is 25.0 Å². The maximum Gasteiger partial charge on any atom is 0.321 e. The fourth-order valence-corrected chi connectivity index (χ4v) is 8.21. The molecule has 0 bridgehead atoms. The topological polar surface area (TPSA) is 149 Å². The number of ketones is 1. The van der Waals surface area contributed by atoms with Crippen LogP contribution in [0.3, 0.4) is 0 Å². The number of aromatic nitrogens is 1. The number of benzene rings is 2. The molecule has 12 nitrogen and oxygen atoms in total. The van der Waals surface area contributed by atoms with Gasteiger partial charge in [0, 0.05) is 38.5 Å². The molecule has 0 spiro atoms. The number of Topliss-reactive ketones (excluding diaryl/α,β-unsaturated/α-hetero) is 1. The fraction of sp³-hybridized carbons (Fsp3) is 0.486. The zero-order valence-corrected chi connectivity index (χ0v) is 30.5. The Morgan fingerprint density at radius 1 is 1.04 bits per heavy atom. The Morgan fingerprint density at radius 2 is 1.71 bits per heavy atom. The van der Waals surface area contributed by atoms with Crippen LogP contribution < -0.4 is 10.1 Å². The molecule has 1 aliphatic heterocycles. The zero-order valence-electron chi connectivity index (χ0n) is 28.9. The van der Waals surface area contributed by atoms with Gasteiger partial charge in [-0.25, -0.2) is 18.2 Å². The third kappa shape index (κ3) is 9.65. The van der Waals surface area contributed by atoms with E-state index < -0.39 is 34.1 Å². The highest BCUT2D eigenvalue weighted by atomic mass is 32.2. The van der Waals surface area contributed by atoms with Crippen LogP contribution in [0.4, 0.5) is 4.79 Å². The van der Waals surface area contributed by atoms with E-state index >= 15 is 0 Å². The molecule has 3 aromatic rings. The van der Waals surface area contributed by atoms with Gasteiger partial charge in [-0.3, -0.25) is 9.59 Å². The number of hydrogen-bond acceptors (Lipinski definition) is 9. The number of nitrogens with zero attached hydrogens (tertiary/aromatic N) is 4. The molecule has 2 aromatic carbocycles. The van der Waals surface area contributed by atoms with E-state index in [9.17, 15) is 27.9 Å². The summed E-state index contributed by atoms with van der Waals surface area (Å²) in [5, 5.41) is 16.9. The lowest BCUT2D eigenvalue weighted by Gasteiger charge is -2.34. The minimum Gasteiger partial charge on any atom is -0.497 e. The second kappa shape index (κ2) is 16.7. The van der Waals surface area contributed by atoms with Gasteiger partial charge in [-0.1, -0.05) is 58.0 Å². The van der Waals surface area contributed by atoms with Gasteiger partial charge in [-0.2, -0.15) is 4.31 Å². The Bertz CT molecular complexity index is 1680. The number of nitrogens with one attached hydrogen (secondary N) is 1. The van der Waals surface area contributed by atoms with Gasteiger partial charge in [0.05, 0.1) is 36.4 Å². The van der Waals surface area contributed by atoms with Gasteiger partial charge >= 0.3 is 6.03 Å². The van der Waals surface area contributed by atoms with Crippen molar-refractivity contribution in [3.8, 4) is 5.75 Å². The number of thiazole rings is 1. The van der Waals surface area contributed by atoms with Gasteiger partial charge in [0.15, 0.2) is 10.8 Å². The van der Waals surface area contributed by atoms with Crippen LogP contribution in [-0.4, -0.2) is 102 Å². The van der Waals surface area contributed by atoms with Crippen LogP contribution in [0.2, 0.25) is 0 Å². The summed E-state index contributed by atoms with van der Waals surface area (Å²) in [6, 6.07) is 13.4. The number of methoxy groups -OCH3 is 1. The van der Waals surface area contributed by atoms with Crippen molar-refractivity contribution in [3.05, 3.63) is 76.2 Å². The molecule has 266 valence electrons. The van der Waals surface area contributed by atoms with E-state index in [1.807, 2.05) is 58.0 Å². The Kier molecular flexibility index (Phi) is 12.9. The quantitative estimate of drug-likeness (QED) is 0.199. The first-order valence-electron chi connectivity index (χ1n) is 16.4. The molecule has 2 heterocycles. The number of amides is 3. The molecule has 3 atom stereocenters. The van der Waals surface area contributed by atoms with Crippen LogP contribution >= 0.6 is 11.3 Å². The molecular weight excluding hydrogens is 667 g/mol. The van der Waals surface area contributed by atoms with Crippen LogP contribution in [-0.2, 0) is 27.8 Å². The number of rotatable bonds is 17. The number of carbonyl (C=O) groups is 3.